The van der Waals surface area contributed by atoms with Gasteiger partial charge in [-0.2, -0.15) is 8.61 Å². The predicted octanol–water partition coefficient (Wildman–Crippen LogP) is 4.04. The summed E-state index contributed by atoms with van der Waals surface area (Å²) in [4.78, 5) is 4.84. The van der Waals surface area contributed by atoms with Gasteiger partial charge in [-0.15, -0.1) is 11.3 Å². The standard InChI is InChI=1S/C23H27N3O4S3/c27-32(28,25-13-4-1-5-14-25)19-7-6-8-20(17-19)33(29,30)26-15-11-18(12-16-26)23-24-21-9-2-3-10-22(21)31-23/h2-3,6-10,17-18H,1,4-5,11-16H2. The average Bonchev–Trinajstić information content (AvgIpc) is 3.29. The molecule has 33 heavy (non-hydrogen) atoms. The molecule has 2 aliphatic rings. The Labute approximate surface area is 199 Å². The van der Waals surface area contributed by atoms with Gasteiger partial charge in [0.15, 0.2) is 0 Å². The fourth-order valence-corrected chi connectivity index (χ4v) is 8.90. The topological polar surface area (TPSA) is 87.6 Å². The lowest BCUT2D eigenvalue weighted by atomic mass is 9.99. The summed E-state index contributed by atoms with van der Waals surface area (Å²) in [5.41, 5.74) is 0.985. The van der Waals surface area contributed by atoms with Crippen LogP contribution < -0.4 is 0 Å². The van der Waals surface area contributed by atoms with Gasteiger partial charge in [-0.05, 0) is 56.0 Å². The van der Waals surface area contributed by atoms with Gasteiger partial charge in [-0.1, -0.05) is 24.6 Å². The van der Waals surface area contributed by atoms with Crippen molar-refractivity contribution in [3.05, 3.63) is 53.5 Å². The van der Waals surface area contributed by atoms with E-state index in [1.807, 2.05) is 18.2 Å². The molecule has 0 atom stereocenters. The van der Waals surface area contributed by atoms with Crippen LogP contribution in [0.5, 0.6) is 0 Å². The molecule has 2 saturated heterocycles. The third-order valence-corrected chi connectivity index (χ3v) is 11.5. The highest BCUT2D eigenvalue weighted by molar-refractivity contribution is 7.90. The number of hydrogen-bond acceptors (Lipinski definition) is 6. The molecule has 10 heteroatoms. The van der Waals surface area contributed by atoms with Gasteiger partial charge in [-0.3, -0.25) is 0 Å². The van der Waals surface area contributed by atoms with Crippen molar-refractivity contribution in [3.8, 4) is 0 Å². The Bertz CT molecular complexity index is 1320. The van der Waals surface area contributed by atoms with E-state index in [9.17, 15) is 16.8 Å². The van der Waals surface area contributed by atoms with Gasteiger partial charge in [-0.25, -0.2) is 21.8 Å². The summed E-state index contributed by atoms with van der Waals surface area (Å²) in [6.45, 7) is 1.76. The molecule has 176 valence electrons. The van der Waals surface area contributed by atoms with Crippen LogP contribution in [0.1, 0.15) is 43.0 Å². The van der Waals surface area contributed by atoms with E-state index in [2.05, 4.69) is 6.07 Å². The smallest absolute Gasteiger partial charge is 0.241 e. The molecule has 2 aliphatic heterocycles. The summed E-state index contributed by atoms with van der Waals surface area (Å²) in [6.07, 6.45) is 4.09. The summed E-state index contributed by atoms with van der Waals surface area (Å²) >= 11 is 1.68. The van der Waals surface area contributed by atoms with Gasteiger partial charge in [0.2, 0.25) is 20.0 Å². The van der Waals surface area contributed by atoms with Crippen LogP contribution in [0.3, 0.4) is 0 Å². The average molecular weight is 506 g/mol. The molecule has 0 amide bonds. The monoisotopic (exact) mass is 505 g/mol. The second-order valence-electron chi connectivity index (χ2n) is 8.64. The molecule has 0 N–H and O–H groups in total. The van der Waals surface area contributed by atoms with Crippen LogP contribution in [0, 0.1) is 0 Å². The second-order valence-corrected chi connectivity index (χ2v) is 13.6. The lowest BCUT2D eigenvalue weighted by Gasteiger charge is -2.30. The number of fused-ring (bicyclic) bond motifs is 1. The highest BCUT2D eigenvalue weighted by Crippen LogP contribution is 2.35. The number of nitrogens with zero attached hydrogens (tertiary/aromatic N) is 3. The molecule has 3 heterocycles. The van der Waals surface area contributed by atoms with Crippen molar-refractivity contribution in [1.82, 2.24) is 13.6 Å². The number of para-hydroxylation sites is 1. The van der Waals surface area contributed by atoms with E-state index in [1.54, 1.807) is 11.3 Å². The van der Waals surface area contributed by atoms with E-state index < -0.39 is 20.0 Å². The van der Waals surface area contributed by atoms with Crippen molar-refractivity contribution in [3.63, 3.8) is 0 Å². The van der Waals surface area contributed by atoms with E-state index in [0.29, 0.717) is 39.0 Å². The van der Waals surface area contributed by atoms with Crippen molar-refractivity contribution in [2.75, 3.05) is 26.2 Å². The van der Waals surface area contributed by atoms with Gasteiger partial charge < -0.3 is 0 Å². The maximum absolute atomic E-state index is 13.3. The van der Waals surface area contributed by atoms with Gasteiger partial charge in [0.05, 0.1) is 25.0 Å². The fraction of sp³-hybridized carbons (Fsp3) is 0.435. The molecule has 3 aromatic rings. The largest absolute Gasteiger partial charge is 0.243 e. The fourth-order valence-electron chi connectivity index (χ4n) is 4.61. The van der Waals surface area contributed by atoms with Crippen LogP contribution in [-0.4, -0.2) is 56.6 Å². The van der Waals surface area contributed by atoms with Crippen LogP contribution in [0.25, 0.3) is 10.2 Å². The van der Waals surface area contributed by atoms with Gasteiger partial charge in [0.1, 0.15) is 0 Å². The lowest BCUT2D eigenvalue weighted by Crippen LogP contribution is -2.38. The quantitative estimate of drug-likeness (QED) is 0.522. The Morgan fingerprint density at radius 3 is 2.00 bits per heavy atom. The summed E-state index contributed by atoms with van der Waals surface area (Å²) < 4.78 is 56.8. The van der Waals surface area contributed by atoms with E-state index in [-0.39, 0.29) is 15.7 Å². The Balaban J connectivity index is 1.32. The summed E-state index contributed by atoms with van der Waals surface area (Å²) in [5, 5.41) is 1.06. The van der Waals surface area contributed by atoms with Crippen LogP contribution in [0.4, 0.5) is 0 Å². The third-order valence-electron chi connectivity index (χ3n) is 6.51. The molecule has 0 saturated carbocycles. The van der Waals surface area contributed by atoms with Crippen molar-refractivity contribution >= 4 is 41.6 Å². The Kier molecular flexibility index (Phi) is 6.30. The van der Waals surface area contributed by atoms with E-state index in [4.69, 9.17) is 4.98 Å². The first-order chi connectivity index (χ1) is 15.9. The Hall–Kier alpha value is -1.85. The summed E-state index contributed by atoms with van der Waals surface area (Å²) in [7, 11) is -7.46. The Morgan fingerprint density at radius 1 is 0.758 bits per heavy atom. The van der Waals surface area contributed by atoms with Crippen molar-refractivity contribution in [1.29, 1.82) is 0 Å². The molecule has 1 aromatic heterocycles. The first-order valence-electron chi connectivity index (χ1n) is 11.3. The third kappa shape index (κ3) is 4.46. The molecule has 2 aromatic carbocycles. The SMILES string of the molecule is O=S(=O)(c1cccc(S(=O)(=O)N2CCC(c3nc4ccccc4s3)CC2)c1)N1CCCCC1. The minimum Gasteiger partial charge on any atom is -0.241 e. The van der Waals surface area contributed by atoms with Gasteiger partial charge in [0.25, 0.3) is 0 Å². The molecule has 0 unspecified atom stereocenters. The van der Waals surface area contributed by atoms with E-state index in [0.717, 1.165) is 34.5 Å². The number of thiazole rings is 1. The summed E-state index contributed by atoms with van der Waals surface area (Å²) in [5.74, 6) is 0.236. The molecule has 0 aliphatic carbocycles. The van der Waals surface area contributed by atoms with Crippen LogP contribution in [0.2, 0.25) is 0 Å². The van der Waals surface area contributed by atoms with Crippen molar-refractivity contribution < 1.29 is 16.8 Å². The highest BCUT2D eigenvalue weighted by atomic mass is 32.2. The number of piperidine rings is 2. The molecule has 7 nitrogen and oxygen atoms in total. The number of sulfonamides is 2. The maximum Gasteiger partial charge on any atom is 0.243 e. The molecule has 0 spiro atoms. The van der Waals surface area contributed by atoms with Crippen LogP contribution >= 0.6 is 11.3 Å². The Morgan fingerprint density at radius 2 is 1.36 bits per heavy atom. The molecule has 2 fully saturated rings. The van der Waals surface area contributed by atoms with Gasteiger partial charge >= 0.3 is 0 Å². The number of aromatic nitrogens is 1. The summed E-state index contributed by atoms with van der Waals surface area (Å²) in [6, 6.07) is 13.9. The zero-order valence-electron chi connectivity index (χ0n) is 18.3. The molecule has 0 radical (unpaired) electrons. The molecule has 5 rings (SSSR count). The minimum atomic E-state index is -3.77. The minimum absolute atomic E-state index is 0.0408. The van der Waals surface area contributed by atoms with Crippen molar-refractivity contribution in [2.24, 2.45) is 0 Å². The predicted molar refractivity (Wildman–Crippen MR) is 129 cm³/mol. The zero-order valence-corrected chi connectivity index (χ0v) is 20.7. The molecular weight excluding hydrogens is 478 g/mol. The van der Waals surface area contributed by atoms with Crippen LogP contribution in [-0.2, 0) is 20.0 Å². The van der Waals surface area contributed by atoms with Gasteiger partial charge in [0, 0.05) is 32.1 Å². The van der Waals surface area contributed by atoms with E-state index >= 15 is 0 Å². The molecule has 0 bridgehead atoms. The number of hydrogen-bond donors (Lipinski definition) is 0. The first kappa shape index (κ1) is 22.9. The van der Waals surface area contributed by atoms with Crippen LogP contribution in [0.15, 0.2) is 58.3 Å². The highest BCUT2D eigenvalue weighted by Gasteiger charge is 2.33. The molecular formula is C23H27N3O4S3. The maximum atomic E-state index is 13.3. The van der Waals surface area contributed by atoms with Crippen molar-refractivity contribution in [2.45, 2.75) is 47.8 Å². The lowest BCUT2D eigenvalue weighted by molar-refractivity contribution is 0.319. The number of rotatable bonds is 5. The van der Waals surface area contributed by atoms with E-state index in [1.165, 1.54) is 32.9 Å². The number of benzene rings is 2. The first-order valence-corrected chi connectivity index (χ1v) is 15.0. The zero-order chi connectivity index (χ0) is 23.1. The normalized spacial score (nSPS) is 19.8. The second kappa shape index (κ2) is 9.07.